The Balaban J connectivity index is 1.61. The van der Waals surface area contributed by atoms with E-state index in [9.17, 15) is 4.79 Å². The first kappa shape index (κ1) is 21.1. The Morgan fingerprint density at radius 1 is 1.28 bits per heavy atom. The third-order valence-electron chi connectivity index (χ3n) is 4.61. The number of amides is 1. The van der Waals surface area contributed by atoms with Gasteiger partial charge in [-0.05, 0) is 68.0 Å². The van der Waals surface area contributed by atoms with Crippen molar-refractivity contribution in [2.45, 2.75) is 20.4 Å². The van der Waals surface area contributed by atoms with Gasteiger partial charge < -0.3 is 10.2 Å². The smallest absolute Gasteiger partial charge is 0.240 e. The monoisotopic (exact) mass is 429 g/mol. The summed E-state index contributed by atoms with van der Waals surface area (Å²) in [7, 11) is 0. The average molecular weight is 430 g/mol. The number of halogens is 1. The molecule has 29 heavy (non-hydrogen) atoms. The molecular formula is C21H24ClN5OS. The van der Waals surface area contributed by atoms with Crippen molar-refractivity contribution in [3.8, 4) is 11.4 Å². The summed E-state index contributed by atoms with van der Waals surface area (Å²) in [6.07, 6.45) is 0. The topological polar surface area (TPSA) is 66.0 Å². The lowest BCUT2D eigenvalue weighted by atomic mass is 10.2. The lowest BCUT2D eigenvalue weighted by molar-refractivity contribution is -0.121. The maximum absolute atomic E-state index is 12.5. The van der Waals surface area contributed by atoms with Crippen molar-refractivity contribution in [2.24, 2.45) is 0 Å². The van der Waals surface area contributed by atoms with Crippen LogP contribution in [0.1, 0.15) is 12.5 Å². The molecule has 3 aromatic rings. The fraction of sp³-hybridized carbons (Fsp3) is 0.286. The van der Waals surface area contributed by atoms with Crippen LogP contribution >= 0.6 is 23.8 Å². The van der Waals surface area contributed by atoms with E-state index in [4.69, 9.17) is 23.8 Å². The fourth-order valence-electron chi connectivity index (χ4n) is 3.11. The van der Waals surface area contributed by atoms with E-state index >= 15 is 0 Å². The van der Waals surface area contributed by atoms with E-state index < -0.39 is 0 Å². The molecule has 0 atom stereocenters. The van der Waals surface area contributed by atoms with Crippen LogP contribution in [-0.4, -0.2) is 40.3 Å². The van der Waals surface area contributed by atoms with Gasteiger partial charge in [0.1, 0.15) is 6.54 Å². The maximum atomic E-state index is 12.5. The molecule has 0 unspecified atom stereocenters. The number of rotatable bonds is 8. The molecule has 8 heteroatoms. The van der Waals surface area contributed by atoms with Gasteiger partial charge in [0.05, 0.1) is 0 Å². The van der Waals surface area contributed by atoms with Crippen molar-refractivity contribution in [2.75, 3.05) is 24.5 Å². The van der Waals surface area contributed by atoms with E-state index in [0.29, 0.717) is 22.2 Å². The number of aromatic nitrogens is 3. The molecule has 0 spiro atoms. The number of likely N-dealkylation sites (N-methyl/N-ethyl adjacent to an activating group) is 1. The highest BCUT2D eigenvalue weighted by molar-refractivity contribution is 7.71. The van der Waals surface area contributed by atoms with Crippen LogP contribution in [0.5, 0.6) is 0 Å². The minimum Gasteiger partial charge on any atom is -0.370 e. The van der Waals surface area contributed by atoms with Crippen LogP contribution in [0, 0.1) is 11.7 Å². The summed E-state index contributed by atoms with van der Waals surface area (Å²) in [6, 6.07) is 15.6. The molecule has 0 fully saturated rings. The zero-order valence-corrected chi connectivity index (χ0v) is 18.1. The van der Waals surface area contributed by atoms with Crippen molar-refractivity contribution in [1.82, 2.24) is 20.1 Å². The van der Waals surface area contributed by atoms with E-state index in [1.165, 1.54) is 5.56 Å². The normalized spacial score (nSPS) is 10.7. The molecule has 3 rings (SSSR count). The first-order valence-corrected chi connectivity index (χ1v) is 10.3. The quantitative estimate of drug-likeness (QED) is 0.526. The van der Waals surface area contributed by atoms with Crippen molar-refractivity contribution in [3.63, 3.8) is 0 Å². The second-order valence-electron chi connectivity index (χ2n) is 6.71. The molecular weight excluding hydrogens is 406 g/mol. The predicted molar refractivity (Wildman–Crippen MR) is 120 cm³/mol. The molecule has 0 radical (unpaired) electrons. The molecule has 0 aliphatic heterocycles. The van der Waals surface area contributed by atoms with Crippen LogP contribution in [0.3, 0.4) is 0 Å². The molecule has 0 saturated carbocycles. The van der Waals surface area contributed by atoms with E-state index in [-0.39, 0.29) is 12.5 Å². The van der Waals surface area contributed by atoms with E-state index in [1.54, 1.807) is 16.7 Å². The van der Waals surface area contributed by atoms with Gasteiger partial charge in [-0.15, -0.1) is 0 Å². The largest absolute Gasteiger partial charge is 0.370 e. The Kier molecular flexibility index (Phi) is 7.06. The third kappa shape index (κ3) is 5.46. The van der Waals surface area contributed by atoms with Gasteiger partial charge in [-0.1, -0.05) is 23.7 Å². The van der Waals surface area contributed by atoms with Gasteiger partial charge in [0.2, 0.25) is 5.91 Å². The van der Waals surface area contributed by atoms with Crippen molar-refractivity contribution in [1.29, 1.82) is 0 Å². The maximum Gasteiger partial charge on any atom is 0.240 e. The van der Waals surface area contributed by atoms with Crippen LogP contribution in [-0.2, 0) is 11.3 Å². The van der Waals surface area contributed by atoms with Crippen LogP contribution in [0.15, 0.2) is 48.5 Å². The summed E-state index contributed by atoms with van der Waals surface area (Å²) < 4.78 is 2.09. The Hall–Kier alpha value is -2.64. The molecule has 0 bridgehead atoms. The fourth-order valence-corrected chi connectivity index (χ4v) is 3.43. The molecule has 0 saturated heterocycles. The highest BCUT2D eigenvalue weighted by Crippen LogP contribution is 2.20. The first-order chi connectivity index (χ1) is 14.0. The van der Waals surface area contributed by atoms with Crippen LogP contribution < -0.4 is 10.2 Å². The zero-order valence-electron chi connectivity index (χ0n) is 16.5. The van der Waals surface area contributed by atoms with Gasteiger partial charge in [-0.3, -0.25) is 14.5 Å². The molecule has 1 heterocycles. The highest BCUT2D eigenvalue weighted by atomic mass is 35.5. The average Bonchev–Trinajstić information content (AvgIpc) is 3.06. The molecule has 2 N–H and O–H groups in total. The Morgan fingerprint density at radius 2 is 2.03 bits per heavy atom. The van der Waals surface area contributed by atoms with Gasteiger partial charge in [0, 0.05) is 35.9 Å². The number of H-pyrrole nitrogens is 1. The lowest BCUT2D eigenvalue weighted by Gasteiger charge is -2.23. The summed E-state index contributed by atoms with van der Waals surface area (Å²) in [6.45, 7) is 6.42. The van der Waals surface area contributed by atoms with Crippen LogP contribution in [0.4, 0.5) is 5.69 Å². The number of benzene rings is 2. The zero-order chi connectivity index (χ0) is 20.8. The van der Waals surface area contributed by atoms with Crippen molar-refractivity contribution >= 4 is 35.4 Å². The summed E-state index contributed by atoms with van der Waals surface area (Å²) >= 11 is 11.2. The Labute approximate surface area is 180 Å². The number of nitrogens with one attached hydrogen (secondary N) is 2. The van der Waals surface area contributed by atoms with Gasteiger partial charge in [-0.25, -0.2) is 0 Å². The second-order valence-corrected chi connectivity index (χ2v) is 7.54. The summed E-state index contributed by atoms with van der Waals surface area (Å²) in [5.41, 5.74) is 3.21. The van der Waals surface area contributed by atoms with E-state index in [2.05, 4.69) is 52.5 Å². The minimum absolute atomic E-state index is 0.101. The predicted octanol–water partition coefficient (Wildman–Crippen LogP) is 4.21. The number of hydrogen-bond acceptors (Lipinski definition) is 4. The molecule has 0 aliphatic carbocycles. The molecule has 1 amide bonds. The van der Waals surface area contributed by atoms with Gasteiger partial charge in [0.15, 0.2) is 10.6 Å². The highest BCUT2D eigenvalue weighted by Gasteiger charge is 2.13. The molecule has 152 valence electrons. The number of nitrogens with zero attached hydrogens (tertiary/aromatic N) is 3. The number of aromatic amines is 1. The Morgan fingerprint density at radius 3 is 2.72 bits per heavy atom. The standard InChI is InChI=1S/C21H24ClN5OS/c1-3-26(18-6-4-5-15(2)13-18)12-11-23-19(28)14-27-20(24-25-21(27)29)16-7-9-17(22)10-8-16/h4-10,13H,3,11-12,14H2,1-2H3,(H,23,28)(H,25,29). The van der Waals surface area contributed by atoms with Crippen molar-refractivity contribution < 1.29 is 4.79 Å². The first-order valence-electron chi connectivity index (χ1n) is 9.47. The number of carbonyl (C=O) groups excluding carboxylic acids is 1. The number of anilines is 1. The molecule has 2 aromatic carbocycles. The molecule has 6 nitrogen and oxygen atoms in total. The SMILES string of the molecule is CCN(CCNC(=O)Cn1c(-c2ccc(Cl)cc2)n[nH]c1=S)c1cccc(C)c1. The van der Waals surface area contributed by atoms with Gasteiger partial charge in [0.25, 0.3) is 0 Å². The molecule has 1 aromatic heterocycles. The second kappa shape index (κ2) is 9.71. The lowest BCUT2D eigenvalue weighted by Crippen LogP contribution is -2.36. The van der Waals surface area contributed by atoms with Gasteiger partial charge >= 0.3 is 0 Å². The minimum atomic E-state index is -0.113. The molecule has 0 aliphatic rings. The number of aryl methyl sites for hydroxylation is 1. The van der Waals surface area contributed by atoms with E-state index in [1.807, 2.05) is 18.2 Å². The number of hydrogen-bond donors (Lipinski definition) is 2. The Bertz CT molecular complexity index is 1030. The third-order valence-corrected chi connectivity index (χ3v) is 5.18. The summed E-state index contributed by atoms with van der Waals surface area (Å²) in [5, 5.41) is 10.6. The van der Waals surface area contributed by atoms with Crippen LogP contribution in [0.25, 0.3) is 11.4 Å². The summed E-state index contributed by atoms with van der Waals surface area (Å²) in [5.74, 6) is 0.495. The van der Waals surface area contributed by atoms with Gasteiger partial charge in [-0.2, -0.15) is 5.10 Å². The van der Waals surface area contributed by atoms with E-state index in [0.717, 1.165) is 24.3 Å². The summed E-state index contributed by atoms with van der Waals surface area (Å²) in [4.78, 5) is 14.7. The number of carbonyl (C=O) groups is 1. The van der Waals surface area contributed by atoms with Crippen LogP contribution in [0.2, 0.25) is 5.02 Å². The van der Waals surface area contributed by atoms with Crippen molar-refractivity contribution in [3.05, 3.63) is 63.9 Å².